The Morgan fingerprint density at radius 1 is 1.44 bits per heavy atom. The number of hydrogen-bond acceptors (Lipinski definition) is 2. The maximum Gasteiger partial charge on any atom is 0.138 e. The number of ether oxygens (including phenoxy) is 1. The van der Waals surface area contributed by atoms with Crippen molar-refractivity contribution in [3.05, 3.63) is 28.8 Å². The fourth-order valence-electron chi connectivity index (χ4n) is 1.63. The minimum atomic E-state index is 0.189. The zero-order chi connectivity index (χ0) is 12.0. The van der Waals surface area contributed by atoms with Gasteiger partial charge in [0.25, 0.3) is 0 Å². The van der Waals surface area contributed by atoms with E-state index in [2.05, 4.69) is 12.2 Å². The van der Waals surface area contributed by atoms with E-state index in [0.717, 1.165) is 25.1 Å². The third kappa shape index (κ3) is 4.03. The van der Waals surface area contributed by atoms with Crippen molar-refractivity contribution in [2.24, 2.45) is 0 Å². The summed E-state index contributed by atoms with van der Waals surface area (Å²) in [6.45, 7) is 5.04. The maximum absolute atomic E-state index is 6.10. The fourth-order valence-corrected chi connectivity index (χ4v) is 1.79. The number of halogens is 1. The molecule has 0 radical (unpaired) electrons. The van der Waals surface area contributed by atoms with Gasteiger partial charge in [-0.15, -0.1) is 0 Å². The van der Waals surface area contributed by atoms with E-state index in [1.165, 1.54) is 5.56 Å². The summed E-state index contributed by atoms with van der Waals surface area (Å²) < 4.78 is 5.91. The Kier molecular flexibility index (Phi) is 5.64. The molecule has 1 aromatic rings. The van der Waals surface area contributed by atoms with Crippen LogP contribution in [0, 0.1) is 6.92 Å². The molecule has 16 heavy (non-hydrogen) atoms. The Hall–Kier alpha value is -0.730. The molecule has 1 rings (SSSR count). The topological polar surface area (TPSA) is 21.3 Å². The molecule has 0 aromatic heterocycles. The van der Waals surface area contributed by atoms with Crippen molar-refractivity contribution in [2.45, 2.75) is 32.8 Å². The van der Waals surface area contributed by atoms with Crippen molar-refractivity contribution in [1.82, 2.24) is 5.32 Å². The molecular formula is C13H20ClNO. The van der Waals surface area contributed by atoms with E-state index < -0.39 is 0 Å². The molecule has 0 aliphatic carbocycles. The quantitative estimate of drug-likeness (QED) is 0.824. The Balaban J connectivity index is 2.71. The van der Waals surface area contributed by atoms with Gasteiger partial charge < -0.3 is 10.1 Å². The van der Waals surface area contributed by atoms with Crippen LogP contribution in [0.1, 0.15) is 25.3 Å². The van der Waals surface area contributed by atoms with Gasteiger partial charge in [-0.25, -0.2) is 0 Å². The zero-order valence-electron chi connectivity index (χ0n) is 10.2. The highest BCUT2D eigenvalue weighted by atomic mass is 35.5. The largest absolute Gasteiger partial charge is 0.488 e. The third-order valence-corrected chi connectivity index (χ3v) is 2.74. The lowest BCUT2D eigenvalue weighted by atomic mass is 10.2. The van der Waals surface area contributed by atoms with E-state index >= 15 is 0 Å². The van der Waals surface area contributed by atoms with Gasteiger partial charge in [-0.05, 0) is 38.1 Å². The molecule has 0 amide bonds. The summed E-state index contributed by atoms with van der Waals surface area (Å²) in [5.74, 6) is 0.787. The molecule has 1 unspecified atom stereocenters. The molecule has 2 nitrogen and oxygen atoms in total. The molecule has 0 aliphatic rings. The highest BCUT2D eigenvalue weighted by Crippen LogP contribution is 2.26. The summed E-state index contributed by atoms with van der Waals surface area (Å²) in [6.07, 6.45) is 2.33. The predicted molar refractivity (Wildman–Crippen MR) is 69.4 cm³/mol. The Labute approximate surface area is 103 Å². The third-order valence-electron chi connectivity index (χ3n) is 2.42. The summed E-state index contributed by atoms with van der Waals surface area (Å²) >= 11 is 6.10. The van der Waals surface area contributed by atoms with Gasteiger partial charge >= 0.3 is 0 Å². The number of nitrogens with one attached hydrogen (secondary N) is 1. The van der Waals surface area contributed by atoms with Gasteiger partial charge in [0.15, 0.2) is 0 Å². The highest BCUT2D eigenvalue weighted by Gasteiger charge is 2.10. The molecule has 0 aliphatic heterocycles. The minimum Gasteiger partial charge on any atom is -0.488 e. The number of rotatable bonds is 6. The first-order valence-electron chi connectivity index (χ1n) is 5.74. The van der Waals surface area contributed by atoms with Crippen LogP contribution in [0.25, 0.3) is 0 Å². The smallest absolute Gasteiger partial charge is 0.138 e. The molecule has 0 bridgehead atoms. The molecular weight excluding hydrogens is 222 g/mol. The Bertz CT molecular complexity index is 322. The van der Waals surface area contributed by atoms with Gasteiger partial charge in [0.05, 0.1) is 5.02 Å². The second-order valence-electron chi connectivity index (χ2n) is 4.02. The van der Waals surface area contributed by atoms with Crippen LogP contribution in [0.3, 0.4) is 0 Å². The van der Waals surface area contributed by atoms with Crippen molar-refractivity contribution in [2.75, 3.05) is 13.6 Å². The lowest BCUT2D eigenvalue weighted by molar-refractivity contribution is 0.189. The molecule has 0 spiro atoms. The first-order chi connectivity index (χ1) is 7.67. The van der Waals surface area contributed by atoms with Gasteiger partial charge in [0.1, 0.15) is 11.9 Å². The summed E-state index contributed by atoms with van der Waals surface area (Å²) in [6, 6.07) is 5.86. The summed E-state index contributed by atoms with van der Waals surface area (Å²) in [5.41, 5.74) is 1.17. The van der Waals surface area contributed by atoms with E-state index in [1.54, 1.807) is 0 Å². The fraction of sp³-hybridized carbons (Fsp3) is 0.538. The van der Waals surface area contributed by atoms with Crippen LogP contribution < -0.4 is 10.1 Å². The van der Waals surface area contributed by atoms with Gasteiger partial charge in [-0.1, -0.05) is 31.0 Å². The number of benzene rings is 1. The molecule has 1 atom stereocenters. The Morgan fingerprint density at radius 3 is 2.81 bits per heavy atom. The van der Waals surface area contributed by atoms with Crippen molar-refractivity contribution in [3.63, 3.8) is 0 Å². The van der Waals surface area contributed by atoms with Crippen LogP contribution in [-0.2, 0) is 0 Å². The van der Waals surface area contributed by atoms with Crippen LogP contribution in [0.4, 0.5) is 0 Å². The van der Waals surface area contributed by atoms with Gasteiger partial charge in [-0.3, -0.25) is 0 Å². The number of aryl methyl sites for hydroxylation is 1. The molecule has 0 fully saturated rings. The molecule has 90 valence electrons. The normalized spacial score (nSPS) is 12.5. The molecule has 3 heteroatoms. The van der Waals surface area contributed by atoms with Crippen LogP contribution in [-0.4, -0.2) is 19.7 Å². The Morgan fingerprint density at radius 2 is 2.19 bits per heavy atom. The van der Waals surface area contributed by atoms with Gasteiger partial charge in [-0.2, -0.15) is 0 Å². The van der Waals surface area contributed by atoms with Crippen LogP contribution in [0.2, 0.25) is 5.02 Å². The molecule has 0 heterocycles. The minimum absolute atomic E-state index is 0.189. The van der Waals surface area contributed by atoms with Crippen molar-refractivity contribution in [3.8, 4) is 5.75 Å². The number of hydrogen-bond donors (Lipinski definition) is 1. The van der Waals surface area contributed by atoms with Crippen LogP contribution in [0.15, 0.2) is 18.2 Å². The second-order valence-corrected chi connectivity index (χ2v) is 4.43. The second kappa shape index (κ2) is 6.77. The lowest BCUT2D eigenvalue weighted by Crippen LogP contribution is -2.29. The zero-order valence-corrected chi connectivity index (χ0v) is 11.0. The first kappa shape index (κ1) is 13.3. The lowest BCUT2D eigenvalue weighted by Gasteiger charge is -2.19. The van der Waals surface area contributed by atoms with Gasteiger partial charge in [0, 0.05) is 6.54 Å². The summed E-state index contributed by atoms with van der Waals surface area (Å²) in [7, 11) is 1.93. The SMILES string of the molecule is CCCC(CNC)Oc1cc(C)ccc1Cl. The number of likely N-dealkylation sites (N-methyl/N-ethyl adjacent to an activating group) is 1. The van der Waals surface area contributed by atoms with Gasteiger partial charge in [0.2, 0.25) is 0 Å². The predicted octanol–water partition coefficient (Wildman–Crippen LogP) is 3.42. The highest BCUT2D eigenvalue weighted by molar-refractivity contribution is 6.32. The molecule has 1 aromatic carbocycles. The standard InChI is InChI=1S/C13H20ClNO/c1-4-5-11(9-15-3)16-13-8-10(2)6-7-12(13)14/h6-8,11,15H,4-5,9H2,1-3H3. The summed E-state index contributed by atoms with van der Waals surface area (Å²) in [5, 5.41) is 3.82. The first-order valence-corrected chi connectivity index (χ1v) is 6.12. The van der Waals surface area contributed by atoms with Crippen molar-refractivity contribution >= 4 is 11.6 Å². The monoisotopic (exact) mass is 241 g/mol. The van der Waals surface area contributed by atoms with E-state index in [4.69, 9.17) is 16.3 Å². The van der Waals surface area contributed by atoms with E-state index in [0.29, 0.717) is 5.02 Å². The van der Waals surface area contributed by atoms with E-state index in [1.807, 2.05) is 32.2 Å². The van der Waals surface area contributed by atoms with Crippen molar-refractivity contribution in [1.29, 1.82) is 0 Å². The molecule has 1 N–H and O–H groups in total. The van der Waals surface area contributed by atoms with Crippen LogP contribution >= 0.6 is 11.6 Å². The van der Waals surface area contributed by atoms with Crippen LogP contribution in [0.5, 0.6) is 5.75 Å². The molecule has 0 saturated heterocycles. The maximum atomic E-state index is 6.10. The summed E-state index contributed by atoms with van der Waals surface area (Å²) in [4.78, 5) is 0. The van der Waals surface area contributed by atoms with E-state index in [9.17, 15) is 0 Å². The average molecular weight is 242 g/mol. The van der Waals surface area contributed by atoms with Crippen molar-refractivity contribution < 1.29 is 4.74 Å². The average Bonchev–Trinajstić information content (AvgIpc) is 2.24. The molecule has 0 saturated carbocycles. The van der Waals surface area contributed by atoms with E-state index in [-0.39, 0.29) is 6.10 Å².